The summed E-state index contributed by atoms with van der Waals surface area (Å²) in [5, 5.41) is 3.60. The zero-order chi connectivity index (χ0) is 11.6. The Hall–Kier alpha value is -0.0800. The van der Waals surface area contributed by atoms with Crippen molar-refractivity contribution in [3.05, 3.63) is 0 Å². The van der Waals surface area contributed by atoms with Gasteiger partial charge in [0.05, 0.1) is 0 Å². The molecule has 2 nitrogen and oxygen atoms in total. The molecule has 0 spiro atoms. The topological polar surface area (TPSA) is 15.3 Å². The first-order valence-corrected chi connectivity index (χ1v) is 7.63. The number of hydrogen-bond acceptors (Lipinski definition) is 2. The Morgan fingerprint density at radius 1 is 1.06 bits per heavy atom. The third kappa shape index (κ3) is 1.40. The van der Waals surface area contributed by atoms with E-state index in [0.29, 0.717) is 5.54 Å². The lowest BCUT2D eigenvalue weighted by Gasteiger charge is -2.43. The Labute approximate surface area is 105 Å². The predicted octanol–water partition coefficient (Wildman–Crippen LogP) is 2.10. The van der Waals surface area contributed by atoms with Gasteiger partial charge in [0.2, 0.25) is 0 Å². The fourth-order valence-electron chi connectivity index (χ4n) is 5.61. The summed E-state index contributed by atoms with van der Waals surface area (Å²) in [7, 11) is 0. The van der Waals surface area contributed by atoms with E-state index in [1.54, 1.807) is 6.42 Å². The maximum atomic E-state index is 3.60. The molecule has 2 heteroatoms. The third-order valence-corrected chi connectivity index (χ3v) is 6.52. The minimum atomic E-state index is 0.448. The molecule has 17 heavy (non-hydrogen) atoms. The summed E-state index contributed by atoms with van der Waals surface area (Å²) in [6.45, 7) is 8.92. The molecule has 4 fully saturated rings. The summed E-state index contributed by atoms with van der Waals surface area (Å²) in [5.41, 5.74) is 0.448. The molecular formula is C15H26N2. The predicted molar refractivity (Wildman–Crippen MR) is 69.9 cm³/mol. The molecule has 2 aliphatic heterocycles. The molecule has 1 N–H and O–H groups in total. The molecule has 5 unspecified atom stereocenters. The second kappa shape index (κ2) is 3.48. The van der Waals surface area contributed by atoms with Gasteiger partial charge in [-0.1, -0.05) is 6.42 Å². The molecule has 0 radical (unpaired) electrons. The lowest BCUT2D eigenvalue weighted by atomic mass is 9.83. The number of likely N-dealkylation sites (tertiary alicyclic amines) is 1. The van der Waals surface area contributed by atoms with Gasteiger partial charge in [-0.2, -0.15) is 0 Å². The molecule has 0 aromatic carbocycles. The van der Waals surface area contributed by atoms with Crippen LogP contribution in [0.25, 0.3) is 0 Å². The number of hydrogen-bond donors (Lipinski definition) is 1. The highest BCUT2D eigenvalue weighted by molar-refractivity contribution is 5.09. The Kier molecular flexibility index (Phi) is 2.21. The maximum Gasteiger partial charge on any atom is 0.0200 e. The van der Waals surface area contributed by atoms with E-state index in [9.17, 15) is 0 Å². The second-order valence-electron chi connectivity index (χ2n) is 7.57. The van der Waals surface area contributed by atoms with Crippen LogP contribution in [0.15, 0.2) is 0 Å². The van der Waals surface area contributed by atoms with Crippen molar-refractivity contribution in [3.8, 4) is 0 Å². The third-order valence-electron chi connectivity index (χ3n) is 6.52. The van der Waals surface area contributed by atoms with E-state index < -0.39 is 0 Å². The molecule has 4 aliphatic rings. The van der Waals surface area contributed by atoms with Gasteiger partial charge in [0.25, 0.3) is 0 Å². The van der Waals surface area contributed by atoms with E-state index in [2.05, 4.69) is 24.1 Å². The van der Waals surface area contributed by atoms with Crippen LogP contribution in [-0.4, -0.2) is 36.1 Å². The van der Waals surface area contributed by atoms with Gasteiger partial charge in [-0.3, -0.25) is 4.90 Å². The molecular weight excluding hydrogens is 208 g/mol. The van der Waals surface area contributed by atoms with Gasteiger partial charge in [0.15, 0.2) is 0 Å². The van der Waals surface area contributed by atoms with Gasteiger partial charge >= 0.3 is 0 Å². The minimum absolute atomic E-state index is 0.448. The van der Waals surface area contributed by atoms with E-state index in [1.807, 2.05) is 0 Å². The lowest BCUT2D eigenvalue weighted by Crippen LogP contribution is -2.51. The average molecular weight is 234 g/mol. The first-order valence-electron chi connectivity index (χ1n) is 7.63. The summed E-state index contributed by atoms with van der Waals surface area (Å²) < 4.78 is 0. The van der Waals surface area contributed by atoms with Crippen LogP contribution < -0.4 is 5.32 Å². The van der Waals surface area contributed by atoms with Crippen LogP contribution in [0.4, 0.5) is 0 Å². The average Bonchev–Trinajstić information content (AvgIpc) is 3.01. The Bertz CT molecular complexity index is 325. The Morgan fingerprint density at radius 2 is 1.94 bits per heavy atom. The van der Waals surface area contributed by atoms with Crippen molar-refractivity contribution in [2.45, 2.75) is 51.1 Å². The number of rotatable bonds is 1. The molecule has 4 rings (SSSR count). The van der Waals surface area contributed by atoms with E-state index in [1.165, 1.54) is 38.9 Å². The summed E-state index contributed by atoms with van der Waals surface area (Å²) >= 11 is 0. The van der Waals surface area contributed by atoms with Crippen molar-refractivity contribution < 1.29 is 0 Å². The first-order chi connectivity index (χ1) is 8.16. The van der Waals surface area contributed by atoms with E-state index in [4.69, 9.17) is 0 Å². The van der Waals surface area contributed by atoms with Gasteiger partial charge in [-0.15, -0.1) is 0 Å². The van der Waals surface area contributed by atoms with E-state index >= 15 is 0 Å². The molecule has 0 aromatic heterocycles. The zero-order valence-electron chi connectivity index (χ0n) is 11.3. The van der Waals surface area contributed by atoms with Crippen LogP contribution in [0.2, 0.25) is 0 Å². The van der Waals surface area contributed by atoms with Gasteiger partial charge in [0, 0.05) is 24.7 Å². The zero-order valence-corrected chi connectivity index (χ0v) is 11.3. The van der Waals surface area contributed by atoms with Crippen LogP contribution in [0, 0.1) is 23.7 Å². The van der Waals surface area contributed by atoms with Crippen LogP contribution in [-0.2, 0) is 0 Å². The Morgan fingerprint density at radius 3 is 2.59 bits per heavy atom. The first kappa shape index (κ1) is 10.8. The maximum absolute atomic E-state index is 3.60. The highest BCUT2D eigenvalue weighted by Crippen LogP contribution is 2.51. The van der Waals surface area contributed by atoms with Crippen molar-refractivity contribution in [1.82, 2.24) is 10.2 Å². The summed E-state index contributed by atoms with van der Waals surface area (Å²) in [6, 6.07) is 0.939. The highest BCUT2D eigenvalue weighted by Gasteiger charge is 2.54. The minimum Gasteiger partial charge on any atom is -0.316 e. The summed E-state index contributed by atoms with van der Waals surface area (Å²) in [6.07, 6.45) is 6.12. The van der Waals surface area contributed by atoms with Gasteiger partial charge in [0.1, 0.15) is 0 Å². The Balaban J connectivity index is 1.58. The molecule has 0 aromatic rings. The van der Waals surface area contributed by atoms with Crippen LogP contribution in [0.3, 0.4) is 0 Å². The fraction of sp³-hybridized carbons (Fsp3) is 1.00. The molecule has 96 valence electrons. The van der Waals surface area contributed by atoms with Crippen LogP contribution in [0.5, 0.6) is 0 Å². The monoisotopic (exact) mass is 234 g/mol. The van der Waals surface area contributed by atoms with Crippen molar-refractivity contribution in [2.75, 3.05) is 19.6 Å². The SMILES string of the molecule is CC1(C)C2CNCC2CN1C1CC2CCC1C2. The van der Waals surface area contributed by atoms with Gasteiger partial charge < -0.3 is 5.32 Å². The van der Waals surface area contributed by atoms with Gasteiger partial charge in [-0.05, 0) is 63.3 Å². The largest absolute Gasteiger partial charge is 0.316 e. The molecule has 2 saturated heterocycles. The lowest BCUT2D eigenvalue weighted by molar-refractivity contribution is 0.0588. The molecule has 2 bridgehead atoms. The summed E-state index contributed by atoms with van der Waals surface area (Å²) in [4.78, 5) is 2.92. The van der Waals surface area contributed by atoms with Crippen molar-refractivity contribution in [2.24, 2.45) is 23.7 Å². The summed E-state index contributed by atoms with van der Waals surface area (Å²) in [5.74, 6) is 3.97. The number of nitrogens with one attached hydrogen (secondary N) is 1. The molecule has 2 heterocycles. The van der Waals surface area contributed by atoms with E-state index in [-0.39, 0.29) is 0 Å². The van der Waals surface area contributed by atoms with Crippen molar-refractivity contribution in [3.63, 3.8) is 0 Å². The standard InChI is InChI=1S/C15H26N2/c1-15(2)13-8-16-7-12(13)9-17(15)14-6-10-3-4-11(14)5-10/h10-14,16H,3-9H2,1-2H3. The van der Waals surface area contributed by atoms with Gasteiger partial charge in [-0.25, -0.2) is 0 Å². The van der Waals surface area contributed by atoms with E-state index in [0.717, 1.165) is 29.7 Å². The molecule has 2 aliphatic carbocycles. The van der Waals surface area contributed by atoms with Crippen LogP contribution >= 0.6 is 0 Å². The molecule has 0 amide bonds. The van der Waals surface area contributed by atoms with Crippen LogP contribution in [0.1, 0.15) is 39.5 Å². The van der Waals surface area contributed by atoms with Crippen molar-refractivity contribution in [1.29, 1.82) is 0 Å². The number of nitrogens with zero attached hydrogens (tertiary/aromatic N) is 1. The number of fused-ring (bicyclic) bond motifs is 3. The smallest absolute Gasteiger partial charge is 0.0200 e. The highest BCUT2D eigenvalue weighted by atomic mass is 15.3. The quantitative estimate of drug-likeness (QED) is 0.747. The van der Waals surface area contributed by atoms with Crippen molar-refractivity contribution >= 4 is 0 Å². The fourth-order valence-corrected chi connectivity index (χ4v) is 5.61. The molecule has 5 atom stereocenters. The normalized spacial score (nSPS) is 52.2. The second-order valence-corrected chi connectivity index (χ2v) is 7.57. The molecule has 2 saturated carbocycles.